The second kappa shape index (κ2) is 8.88. The molecule has 35 heavy (non-hydrogen) atoms. The highest BCUT2D eigenvalue weighted by molar-refractivity contribution is 7.89. The van der Waals surface area contributed by atoms with Gasteiger partial charge in [-0.25, -0.2) is 13.4 Å². The van der Waals surface area contributed by atoms with E-state index in [0.29, 0.717) is 6.07 Å². The summed E-state index contributed by atoms with van der Waals surface area (Å²) in [6.07, 6.45) is -8.56. The van der Waals surface area contributed by atoms with Crippen molar-refractivity contribution in [1.82, 2.24) is 29.6 Å². The lowest BCUT2D eigenvalue weighted by atomic mass is 10.3. The second-order valence-corrected chi connectivity index (χ2v) is 9.05. The van der Waals surface area contributed by atoms with Crippen molar-refractivity contribution in [2.45, 2.75) is 12.4 Å². The van der Waals surface area contributed by atoms with Crippen LogP contribution in [-0.2, 0) is 22.4 Å². The number of hydrogen-bond donors (Lipinski definition) is 2. The molecule has 0 radical (unpaired) electrons. The normalized spacial score (nSPS) is 16.2. The van der Waals surface area contributed by atoms with Gasteiger partial charge in [0, 0.05) is 18.4 Å². The van der Waals surface area contributed by atoms with E-state index < -0.39 is 33.8 Å². The number of halogens is 6. The van der Waals surface area contributed by atoms with Gasteiger partial charge in [0.25, 0.3) is 0 Å². The molecule has 0 aromatic carbocycles. The maximum Gasteiger partial charge on any atom is 0.433 e. The van der Waals surface area contributed by atoms with Crippen LogP contribution in [0.1, 0.15) is 11.4 Å². The van der Waals surface area contributed by atoms with Crippen molar-refractivity contribution < 1.29 is 34.8 Å². The maximum absolute atomic E-state index is 13.1. The molecule has 4 heterocycles. The van der Waals surface area contributed by atoms with E-state index in [4.69, 9.17) is 0 Å². The first-order chi connectivity index (χ1) is 16.3. The van der Waals surface area contributed by atoms with Crippen molar-refractivity contribution in [2.24, 2.45) is 0 Å². The molecule has 3 aromatic heterocycles. The van der Waals surface area contributed by atoms with Crippen LogP contribution >= 0.6 is 0 Å². The molecule has 0 aliphatic carbocycles. The molecular weight excluding hydrogens is 506 g/mol. The number of alkyl halides is 6. The minimum Gasteiger partial charge on any atom is -0.326 e. The maximum atomic E-state index is 13.1. The van der Waals surface area contributed by atoms with Gasteiger partial charge in [0.2, 0.25) is 21.9 Å². The lowest BCUT2D eigenvalue weighted by Gasteiger charge is -2.27. The molecule has 0 bridgehead atoms. The molecule has 1 saturated heterocycles. The largest absolute Gasteiger partial charge is 0.433 e. The predicted octanol–water partition coefficient (Wildman–Crippen LogP) is 2.81. The summed E-state index contributed by atoms with van der Waals surface area (Å²) in [6.45, 7) is -0.295. The Hall–Kier alpha value is -3.60. The Labute approximate surface area is 193 Å². The summed E-state index contributed by atoms with van der Waals surface area (Å²) in [5.74, 6) is -1.07. The Morgan fingerprint density at radius 2 is 1.69 bits per heavy atom. The molecule has 2 N–H and O–H groups in total. The number of nitrogens with one attached hydrogen (secondary N) is 2. The van der Waals surface area contributed by atoms with Crippen LogP contribution < -0.4 is 14.9 Å². The zero-order chi connectivity index (χ0) is 25.4. The van der Waals surface area contributed by atoms with Gasteiger partial charge in [-0.15, -0.1) is 0 Å². The summed E-state index contributed by atoms with van der Waals surface area (Å²) < 4.78 is 104. The molecule has 0 atom stereocenters. The summed E-state index contributed by atoms with van der Waals surface area (Å²) in [6, 6.07) is 4.96. The van der Waals surface area contributed by atoms with Crippen molar-refractivity contribution >= 4 is 27.6 Å². The summed E-state index contributed by atoms with van der Waals surface area (Å²) in [5, 5.41) is 2.55. The minimum absolute atomic E-state index is 0.0538. The van der Waals surface area contributed by atoms with Crippen LogP contribution in [0.2, 0.25) is 0 Å². The number of pyridine rings is 2. The topological polar surface area (TPSA) is 126 Å². The van der Waals surface area contributed by atoms with Crippen molar-refractivity contribution in [3.05, 3.63) is 47.9 Å². The van der Waals surface area contributed by atoms with Crippen LogP contribution in [0.25, 0.3) is 11.5 Å². The molecule has 17 heteroatoms. The van der Waals surface area contributed by atoms with E-state index in [9.17, 15) is 34.8 Å². The smallest absolute Gasteiger partial charge is 0.326 e. The number of sulfonamides is 1. The van der Waals surface area contributed by atoms with Crippen LogP contribution in [0.5, 0.6) is 0 Å². The van der Waals surface area contributed by atoms with Gasteiger partial charge in [0.15, 0.2) is 5.82 Å². The third-order valence-electron chi connectivity index (χ3n) is 4.59. The van der Waals surface area contributed by atoms with Crippen LogP contribution in [0.15, 0.2) is 36.5 Å². The Kier molecular flexibility index (Phi) is 6.22. The fourth-order valence-electron chi connectivity index (χ4n) is 2.91. The molecule has 10 nitrogen and oxygen atoms in total. The first kappa shape index (κ1) is 24.5. The van der Waals surface area contributed by atoms with E-state index >= 15 is 0 Å². The Balaban J connectivity index is 1.75. The number of nitrogens with zero attached hydrogens (tertiary/aromatic N) is 6. The van der Waals surface area contributed by atoms with E-state index in [1.54, 1.807) is 0 Å². The van der Waals surface area contributed by atoms with E-state index in [1.807, 2.05) is 0 Å². The molecule has 0 saturated carbocycles. The average Bonchev–Trinajstić information content (AvgIpc) is 2.78. The lowest BCUT2D eigenvalue weighted by Crippen LogP contribution is -2.48. The molecule has 1 fully saturated rings. The zero-order valence-electron chi connectivity index (χ0n) is 17.3. The Morgan fingerprint density at radius 1 is 0.943 bits per heavy atom. The number of aromatic nitrogens is 5. The first-order valence-electron chi connectivity index (χ1n) is 9.63. The summed E-state index contributed by atoms with van der Waals surface area (Å²) in [7, 11) is -3.51. The van der Waals surface area contributed by atoms with Crippen LogP contribution in [0.3, 0.4) is 0 Å². The molecule has 1 aliphatic heterocycles. The lowest BCUT2D eigenvalue weighted by molar-refractivity contribution is -0.141. The van der Waals surface area contributed by atoms with Crippen LogP contribution in [0.4, 0.5) is 43.9 Å². The molecule has 186 valence electrons. The monoisotopic (exact) mass is 520 g/mol. The third kappa shape index (κ3) is 5.91. The van der Waals surface area contributed by atoms with E-state index in [2.05, 4.69) is 35.0 Å². The van der Waals surface area contributed by atoms with Gasteiger partial charge in [0.05, 0.1) is 12.4 Å². The minimum atomic E-state index is -4.75. The highest BCUT2D eigenvalue weighted by atomic mass is 32.2. The summed E-state index contributed by atoms with van der Waals surface area (Å²) in [4.78, 5) is 20.3. The van der Waals surface area contributed by atoms with Gasteiger partial charge in [-0.05, 0) is 24.3 Å². The molecule has 4 rings (SSSR count). The molecular formula is C18H14F6N8O2S. The molecule has 0 unspecified atom stereocenters. The van der Waals surface area contributed by atoms with Crippen molar-refractivity contribution in [3.8, 4) is 11.5 Å². The van der Waals surface area contributed by atoms with Gasteiger partial charge >= 0.3 is 12.4 Å². The van der Waals surface area contributed by atoms with Crippen molar-refractivity contribution in [1.29, 1.82) is 0 Å². The molecule has 1 aliphatic rings. The Bertz CT molecular complexity index is 1340. The predicted molar refractivity (Wildman–Crippen MR) is 110 cm³/mol. The molecule has 0 amide bonds. The second-order valence-electron chi connectivity index (χ2n) is 7.13. The number of anilines is 3. The molecule has 0 spiro atoms. The standard InChI is InChI=1S/C18H14F6N8O2S/c19-17(20,21)12-3-1-2-11(28-12)14-29-15(27-10-4-5-25-13(8-10)18(22,23)24)31-16(30-14)32-6-7-35(33,34)26-9-32/h1-5,8,26H,6-7,9H2,(H,25,27,29,30,31). The van der Waals surface area contributed by atoms with Gasteiger partial charge in [-0.3, -0.25) is 4.98 Å². The van der Waals surface area contributed by atoms with Crippen molar-refractivity contribution in [3.63, 3.8) is 0 Å². The SMILES string of the molecule is O=S1(=O)CCN(c2nc(Nc3ccnc(C(F)(F)F)c3)nc(-c3cccc(C(F)(F)F)n3)n2)CN1. The van der Waals surface area contributed by atoms with Gasteiger partial charge in [0.1, 0.15) is 17.1 Å². The van der Waals surface area contributed by atoms with Crippen molar-refractivity contribution in [2.75, 3.05) is 29.2 Å². The Morgan fingerprint density at radius 3 is 2.34 bits per heavy atom. The fraction of sp³-hybridized carbons (Fsp3) is 0.278. The highest BCUT2D eigenvalue weighted by Gasteiger charge is 2.34. The van der Waals surface area contributed by atoms with Gasteiger partial charge < -0.3 is 10.2 Å². The van der Waals surface area contributed by atoms with Gasteiger partial charge in [-0.2, -0.15) is 46.0 Å². The summed E-state index contributed by atoms with van der Waals surface area (Å²) >= 11 is 0. The summed E-state index contributed by atoms with van der Waals surface area (Å²) in [5.41, 5.74) is -2.79. The van der Waals surface area contributed by atoms with E-state index in [1.165, 1.54) is 17.0 Å². The third-order valence-corrected chi connectivity index (χ3v) is 5.88. The van der Waals surface area contributed by atoms with Crippen LogP contribution in [-0.4, -0.2) is 52.3 Å². The first-order valence-corrected chi connectivity index (χ1v) is 11.3. The van der Waals surface area contributed by atoms with E-state index in [-0.39, 0.29) is 48.1 Å². The zero-order valence-corrected chi connectivity index (χ0v) is 18.1. The molecule has 3 aromatic rings. The van der Waals surface area contributed by atoms with Gasteiger partial charge in [-0.1, -0.05) is 6.07 Å². The number of hydrogen-bond acceptors (Lipinski definition) is 9. The van der Waals surface area contributed by atoms with E-state index in [0.717, 1.165) is 18.3 Å². The quantitative estimate of drug-likeness (QED) is 0.500. The highest BCUT2D eigenvalue weighted by Crippen LogP contribution is 2.31. The van der Waals surface area contributed by atoms with Crippen LogP contribution in [0, 0.1) is 0 Å². The fourth-order valence-corrected chi connectivity index (χ4v) is 3.87. The average molecular weight is 520 g/mol. The number of rotatable bonds is 4.